The van der Waals surface area contributed by atoms with Gasteiger partial charge < -0.3 is 15.5 Å². The molecule has 8 heteroatoms. The van der Waals surface area contributed by atoms with Crippen LogP contribution in [0.25, 0.3) is 0 Å². The van der Waals surface area contributed by atoms with Crippen LogP contribution in [-0.4, -0.2) is 34.7 Å². The average Bonchev–Trinajstić information content (AvgIpc) is 2.79. The van der Waals surface area contributed by atoms with Gasteiger partial charge in [-0.1, -0.05) is 43.0 Å². The fourth-order valence-electron chi connectivity index (χ4n) is 4.74. The Morgan fingerprint density at radius 3 is 2.42 bits per heavy atom. The first-order valence-electron chi connectivity index (χ1n) is 11.1. The maximum atomic E-state index is 13.5. The Morgan fingerprint density at radius 2 is 1.71 bits per heavy atom. The molecule has 2 aliphatic rings. The highest BCUT2D eigenvalue weighted by atomic mass is 35.5. The number of rotatable bonds is 5. The molecule has 1 saturated heterocycles. The quantitative estimate of drug-likeness (QED) is 0.456. The number of aromatic nitrogens is 2. The summed E-state index contributed by atoms with van der Waals surface area (Å²) >= 11 is 11.8. The molecule has 2 fully saturated rings. The highest BCUT2D eigenvalue weighted by Gasteiger charge is 2.34. The van der Waals surface area contributed by atoms with Gasteiger partial charge in [0.05, 0.1) is 0 Å². The molecule has 0 bridgehead atoms. The molecule has 2 aromatic rings. The third-order valence-electron chi connectivity index (χ3n) is 6.44. The monoisotopic (exact) mass is 461 g/mol. The lowest BCUT2D eigenvalue weighted by Gasteiger charge is -2.38. The van der Waals surface area contributed by atoms with Crippen LogP contribution in [0.15, 0.2) is 30.3 Å². The van der Waals surface area contributed by atoms with E-state index in [4.69, 9.17) is 23.8 Å². The largest absolute Gasteiger partial charge is 0.361 e. The molecule has 4 rings (SSSR count). The van der Waals surface area contributed by atoms with E-state index < -0.39 is 0 Å². The maximum absolute atomic E-state index is 13.5. The van der Waals surface area contributed by atoms with Gasteiger partial charge in [0, 0.05) is 31.1 Å². The van der Waals surface area contributed by atoms with Crippen LogP contribution >= 0.6 is 23.8 Å². The highest BCUT2D eigenvalue weighted by molar-refractivity contribution is 7.80. The topological polar surface area (TPSA) is 53.1 Å². The number of nitrogens with zero attached hydrogens (tertiary/aromatic N) is 3. The van der Waals surface area contributed by atoms with Crippen molar-refractivity contribution in [3.05, 3.63) is 46.9 Å². The van der Waals surface area contributed by atoms with E-state index in [0.717, 1.165) is 63.0 Å². The fraction of sp³-hybridized carbons (Fsp3) is 0.522. The Labute approximate surface area is 193 Å². The Kier molecular flexibility index (Phi) is 7.23. The summed E-state index contributed by atoms with van der Waals surface area (Å²) in [6.45, 7) is 2.65. The maximum Gasteiger partial charge on any atom is 0.232 e. The normalized spacial score (nSPS) is 18.5. The van der Waals surface area contributed by atoms with E-state index in [0.29, 0.717) is 22.8 Å². The molecule has 1 aromatic heterocycles. The summed E-state index contributed by atoms with van der Waals surface area (Å²) in [6.07, 6.45) is 9.25. The number of hydrogen-bond donors (Lipinski definition) is 2. The van der Waals surface area contributed by atoms with E-state index in [9.17, 15) is 4.39 Å². The lowest BCUT2D eigenvalue weighted by Crippen LogP contribution is -2.43. The molecule has 0 atom stereocenters. The van der Waals surface area contributed by atoms with Crippen LogP contribution in [0.1, 0.15) is 56.9 Å². The third-order valence-corrected chi connectivity index (χ3v) is 6.88. The summed E-state index contributed by atoms with van der Waals surface area (Å²) in [6, 6.07) is 8.71. The Morgan fingerprint density at radius 1 is 1.03 bits per heavy atom. The van der Waals surface area contributed by atoms with Gasteiger partial charge in [-0.3, -0.25) is 0 Å². The standard InChI is InChI=1S/C23H29ClFN5S/c24-19-15-20(30-13-5-2-6-14-30)28-21(27-19)29-22(31)26-16-23(11-3-1-4-12-23)17-7-9-18(25)10-8-17/h7-10,15H,1-6,11-14,16H2,(H2,26,27,28,29,31). The molecule has 0 amide bonds. The van der Waals surface area contributed by atoms with Crippen LogP contribution in [-0.2, 0) is 5.41 Å². The molecule has 0 radical (unpaired) electrons. The van der Waals surface area contributed by atoms with Gasteiger partial charge in [-0.25, -0.2) is 9.37 Å². The lowest BCUT2D eigenvalue weighted by molar-refractivity contribution is 0.292. The summed E-state index contributed by atoms with van der Waals surface area (Å²) in [5.74, 6) is 1.03. The first kappa shape index (κ1) is 22.2. The minimum atomic E-state index is -0.206. The van der Waals surface area contributed by atoms with Crippen LogP contribution in [0.2, 0.25) is 5.15 Å². The lowest BCUT2D eigenvalue weighted by atomic mass is 9.69. The van der Waals surface area contributed by atoms with Crippen molar-refractivity contribution in [1.82, 2.24) is 15.3 Å². The van der Waals surface area contributed by atoms with E-state index >= 15 is 0 Å². The second kappa shape index (κ2) is 10.1. The van der Waals surface area contributed by atoms with Crippen LogP contribution in [0.3, 0.4) is 0 Å². The van der Waals surface area contributed by atoms with Gasteiger partial charge in [-0.2, -0.15) is 4.98 Å². The van der Waals surface area contributed by atoms with Crippen molar-refractivity contribution in [2.75, 3.05) is 29.9 Å². The van der Waals surface area contributed by atoms with Gasteiger partial charge in [0.1, 0.15) is 16.8 Å². The van der Waals surface area contributed by atoms with E-state index in [1.54, 1.807) is 18.2 Å². The molecule has 1 aliphatic heterocycles. The smallest absolute Gasteiger partial charge is 0.232 e. The van der Waals surface area contributed by atoms with Crippen LogP contribution in [0.5, 0.6) is 0 Å². The van der Waals surface area contributed by atoms with Crippen molar-refractivity contribution in [2.45, 2.75) is 56.8 Å². The van der Waals surface area contributed by atoms with Crippen molar-refractivity contribution < 1.29 is 4.39 Å². The van der Waals surface area contributed by atoms with Gasteiger partial charge in [0.2, 0.25) is 5.95 Å². The molecule has 1 aliphatic carbocycles. The first-order valence-corrected chi connectivity index (χ1v) is 11.9. The van der Waals surface area contributed by atoms with Gasteiger partial charge >= 0.3 is 0 Å². The van der Waals surface area contributed by atoms with Gasteiger partial charge in [0.25, 0.3) is 0 Å². The van der Waals surface area contributed by atoms with E-state index in [-0.39, 0.29) is 11.2 Å². The van der Waals surface area contributed by atoms with Crippen molar-refractivity contribution in [2.24, 2.45) is 0 Å². The average molecular weight is 462 g/mol. The minimum Gasteiger partial charge on any atom is -0.361 e. The Balaban J connectivity index is 1.43. The molecule has 2 heterocycles. The van der Waals surface area contributed by atoms with E-state index in [1.165, 1.54) is 12.8 Å². The summed E-state index contributed by atoms with van der Waals surface area (Å²) in [7, 11) is 0. The number of piperidine rings is 1. The zero-order valence-corrected chi connectivity index (χ0v) is 19.2. The second-order valence-electron chi connectivity index (χ2n) is 8.58. The molecular weight excluding hydrogens is 433 g/mol. The van der Waals surface area contributed by atoms with E-state index in [2.05, 4.69) is 25.5 Å². The molecule has 1 saturated carbocycles. The Bertz CT molecular complexity index is 895. The summed E-state index contributed by atoms with van der Waals surface area (Å²) < 4.78 is 13.5. The number of halogens is 2. The zero-order chi connectivity index (χ0) is 21.7. The summed E-state index contributed by atoms with van der Waals surface area (Å²) in [4.78, 5) is 11.2. The molecule has 166 valence electrons. The third kappa shape index (κ3) is 5.63. The molecule has 2 N–H and O–H groups in total. The zero-order valence-electron chi connectivity index (χ0n) is 17.7. The fourth-order valence-corrected chi connectivity index (χ4v) is 5.08. The minimum absolute atomic E-state index is 0.0498. The predicted molar refractivity (Wildman–Crippen MR) is 128 cm³/mol. The molecule has 5 nitrogen and oxygen atoms in total. The predicted octanol–water partition coefficient (Wildman–Crippen LogP) is 5.45. The Hall–Kier alpha value is -1.99. The highest BCUT2D eigenvalue weighted by Crippen LogP contribution is 2.39. The number of nitrogens with one attached hydrogen (secondary N) is 2. The van der Waals surface area contributed by atoms with Crippen molar-refractivity contribution >= 4 is 40.7 Å². The SMILES string of the molecule is Fc1ccc(C2(CNC(=S)Nc3nc(Cl)cc(N4CCCCC4)n3)CCCCC2)cc1. The van der Waals surface area contributed by atoms with E-state index in [1.807, 2.05) is 12.1 Å². The molecule has 1 aromatic carbocycles. The van der Waals surface area contributed by atoms with Gasteiger partial charge in [0.15, 0.2) is 5.11 Å². The number of hydrogen-bond acceptors (Lipinski definition) is 4. The van der Waals surface area contributed by atoms with Crippen molar-refractivity contribution in [3.8, 4) is 0 Å². The van der Waals surface area contributed by atoms with Gasteiger partial charge in [-0.05, 0) is 62.0 Å². The summed E-state index contributed by atoms with van der Waals surface area (Å²) in [5, 5.41) is 7.34. The van der Waals surface area contributed by atoms with Crippen LogP contribution < -0.4 is 15.5 Å². The first-order chi connectivity index (χ1) is 15.0. The van der Waals surface area contributed by atoms with Gasteiger partial charge in [-0.15, -0.1) is 0 Å². The molecule has 0 spiro atoms. The molecule has 0 unspecified atom stereocenters. The van der Waals surface area contributed by atoms with Crippen molar-refractivity contribution in [3.63, 3.8) is 0 Å². The number of anilines is 2. The van der Waals surface area contributed by atoms with Crippen molar-refractivity contribution in [1.29, 1.82) is 0 Å². The second-order valence-corrected chi connectivity index (χ2v) is 9.37. The molecular formula is C23H29ClFN5S. The molecule has 31 heavy (non-hydrogen) atoms. The number of benzene rings is 1. The van der Waals surface area contributed by atoms with Crippen LogP contribution in [0, 0.1) is 5.82 Å². The van der Waals surface area contributed by atoms with Crippen LogP contribution in [0.4, 0.5) is 16.2 Å². The summed E-state index contributed by atoms with van der Waals surface area (Å²) in [5.41, 5.74) is 1.11. The number of thiocarbonyl (C=S) groups is 1.